The van der Waals surface area contributed by atoms with Gasteiger partial charge in [0.2, 0.25) is 0 Å². The van der Waals surface area contributed by atoms with Gasteiger partial charge in [-0.15, -0.1) is 0 Å². The minimum absolute atomic E-state index is 0.215. The molecule has 27 heavy (non-hydrogen) atoms. The normalized spacial score (nSPS) is 12.2. The van der Waals surface area contributed by atoms with Gasteiger partial charge in [-0.25, -0.2) is 4.68 Å². The monoisotopic (exact) mass is 357 g/mol. The van der Waals surface area contributed by atoms with E-state index in [1.807, 2.05) is 41.2 Å². The first kappa shape index (κ1) is 17.3. The molecule has 0 bridgehead atoms. The molecule has 136 valence electrons. The fraction of sp³-hybridized carbons (Fsp3) is 0.174. The summed E-state index contributed by atoms with van der Waals surface area (Å²) in [6, 6.07) is 22.8. The number of hydrogen-bond donors (Lipinski definition) is 1. The Labute approximate surface area is 159 Å². The highest BCUT2D eigenvalue weighted by atomic mass is 16.3. The minimum atomic E-state index is 0.215. The highest BCUT2D eigenvalue weighted by Gasteiger charge is 2.14. The third-order valence-electron chi connectivity index (χ3n) is 4.89. The maximum atomic E-state index is 5.44. The number of hydrogen-bond acceptors (Lipinski definition) is 3. The van der Waals surface area contributed by atoms with Crippen LogP contribution >= 0.6 is 0 Å². The molecule has 0 unspecified atom stereocenters. The van der Waals surface area contributed by atoms with Gasteiger partial charge >= 0.3 is 0 Å². The van der Waals surface area contributed by atoms with Crippen LogP contribution < -0.4 is 5.32 Å². The number of benzene rings is 2. The first-order chi connectivity index (χ1) is 13.2. The fourth-order valence-electron chi connectivity index (χ4n) is 3.29. The summed E-state index contributed by atoms with van der Waals surface area (Å²) in [6.07, 6.45) is 3.66. The van der Waals surface area contributed by atoms with E-state index in [4.69, 9.17) is 4.42 Å². The van der Waals surface area contributed by atoms with E-state index in [-0.39, 0.29) is 6.04 Å². The summed E-state index contributed by atoms with van der Waals surface area (Å²) in [5.41, 5.74) is 5.80. The predicted octanol–water partition coefficient (Wildman–Crippen LogP) is 5.29. The van der Waals surface area contributed by atoms with Crippen LogP contribution in [-0.2, 0) is 6.54 Å². The molecule has 0 aliphatic carbocycles. The molecule has 2 aromatic carbocycles. The molecule has 4 aromatic rings. The second-order valence-corrected chi connectivity index (χ2v) is 6.71. The molecule has 0 aliphatic heterocycles. The molecule has 0 aliphatic rings. The third-order valence-corrected chi connectivity index (χ3v) is 4.89. The first-order valence-corrected chi connectivity index (χ1v) is 9.18. The standard InChI is InChI=1S/C23H23N3O/c1-17(22-16-25-26(18(22)2)21-7-4-3-5-8-21)24-15-19-10-12-20(13-11-19)23-9-6-14-27-23/h3-14,16-17,24H,15H2,1-2H3/t17-/m0/s1. The first-order valence-electron chi connectivity index (χ1n) is 9.18. The highest BCUT2D eigenvalue weighted by Crippen LogP contribution is 2.22. The summed E-state index contributed by atoms with van der Waals surface area (Å²) in [5.74, 6) is 0.895. The van der Waals surface area contributed by atoms with Gasteiger partial charge in [-0.2, -0.15) is 5.10 Å². The molecule has 0 radical (unpaired) electrons. The molecule has 4 nitrogen and oxygen atoms in total. The van der Waals surface area contributed by atoms with E-state index in [9.17, 15) is 0 Å². The Morgan fingerprint density at radius 1 is 1.00 bits per heavy atom. The van der Waals surface area contributed by atoms with Gasteiger partial charge in [0.1, 0.15) is 5.76 Å². The van der Waals surface area contributed by atoms with Gasteiger partial charge in [0.05, 0.1) is 18.1 Å². The average Bonchev–Trinajstić information content (AvgIpc) is 3.37. The van der Waals surface area contributed by atoms with Gasteiger partial charge in [0.15, 0.2) is 0 Å². The molecule has 2 aromatic heterocycles. The smallest absolute Gasteiger partial charge is 0.133 e. The molecule has 1 N–H and O–H groups in total. The number of para-hydroxylation sites is 1. The van der Waals surface area contributed by atoms with Crippen LogP contribution in [0.3, 0.4) is 0 Å². The lowest BCUT2D eigenvalue weighted by atomic mass is 10.1. The van der Waals surface area contributed by atoms with Crippen molar-refractivity contribution in [1.29, 1.82) is 0 Å². The molecule has 0 spiro atoms. The van der Waals surface area contributed by atoms with E-state index in [0.29, 0.717) is 0 Å². The highest BCUT2D eigenvalue weighted by molar-refractivity contribution is 5.57. The molecule has 0 saturated heterocycles. The van der Waals surface area contributed by atoms with E-state index in [1.54, 1.807) is 6.26 Å². The van der Waals surface area contributed by atoms with Crippen LogP contribution in [0.15, 0.2) is 83.6 Å². The average molecular weight is 357 g/mol. The maximum absolute atomic E-state index is 5.44. The molecular formula is C23H23N3O. The van der Waals surface area contributed by atoms with Crippen molar-refractivity contribution < 1.29 is 4.42 Å². The van der Waals surface area contributed by atoms with Gasteiger partial charge in [-0.3, -0.25) is 0 Å². The zero-order valence-electron chi connectivity index (χ0n) is 15.6. The molecule has 2 heterocycles. The summed E-state index contributed by atoms with van der Waals surface area (Å²) in [7, 11) is 0. The van der Waals surface area contributed by atoms with Crippen LogP contribution in [0.5, 0.6) is 0 Å². The second kappa shape index (κ2) is 7.64. The van der Waals surface area contributed by atoms with Crippen LogP contribution in [0.2, 0.25) is 0 Å². The lowest BCUT2D eigenvalue weighted by Crippen LogP contribution is -2.18. The Hall–Kier alpha value is -3.11. The van der Waals surface area contributed by atoms with E-state index in [1.165, 1.54) is 11.1 Å². The molecule has 1 atom stereocenters. The maximum Gasteiger partial charge on any atom is 0.133 e. The number of furan rings is 1. The van der Waals surface area contributed by atoms with Crippen LogP contribution in [-0.4, -0.2) is 9.78 Å². The molecule has 4 heteroatoms. The molecular weight excluding hydrogens is 334 g/mol. The Morgan fingerprint density at radius 3 is 2.48 bits per heavy atom. The number of aromatic nitrogens is 2. The Bertz CT molecular complexity index is 986. The van der Waals surface area contributed by atoms with E-state index in [0.717, 1.165) is 29.2 Å². The van der Waals surface area contributed by atoms with Crippen molar-refractivity contribution in [1.82, 2.24) is 15.1 Å². The Morgan fingerprint density at radius 2 is 1.78 bits per heavy atom. The SMILES string of the molecule is Cc1c([C@H](C)NCc2ccc(-c3ccco3)cc2)cnn1-c1ccccc1. The molecule has 0 fully saturated rings. The van der Waals surface area contributed by atoms with Gasteiger partial charge in [0, 0.05) is 29.4 Å². The van der Waals surface area contributed by atoms with Gasteiger partial charge in [-0.1, -0.05) is 42.5 Å². The van der Waals surface area contributed by atoms with Crippen molar-refractivity contribution in [3.63, 3.8) is 0 Å². The summed E-state index contributed by atoms with van der Waals surface area (Å²) in [6.45, 7) is 5.10. The van der Waals surface area contributed by atoms with Crippen LogP contribution in [0.1, 0.15) is 29.8 Å². The van der Waals surface area contributed by atoms with Gasteiger partial charge in [-0.05, 0) is 43.7 Å². The van der Waals surface area contributed by atoms with Gasteiger partial charge in [0.25, 0.3) is 0 Å². The summed E-state index contributed by atoms with van der Waals surface area (Å²) in [4.78, 5) is 0. The third kappa shape index (κ3) is 3.71. The van der Waals surface area contributed by atoms with Crippen molar-refractivity contribution in [3.8, 4) is 17.0 Å². The number of nitrogens with zero attached hydrogens (tertiary/aromatic N) is 2. The van der Waals surface area contributed by atoms with Crippen molar-refractivity contribution in [2.45, 2.75) is 26.4 Å². The minimum Gasteiger partial charge on any atom is -0.464 e. The molecule has 4 rings (SSSR count). The lowest BCUT2D eigenvalue weighted by Gasteiger charge is -2.14. The lowest BCUT2D eigenvalue weighted by molar-refractivity contribution is 0.571. The van der Waals surface area contributed by atoms with Crippen LogP contribution in [0, 0.1) is 6.92 Å². The van der Waals surface area contributed by atoms with Crippen LogP contribution in [0.4, 0.5) is 0 Å². The predicted molar refractivity (Wildman–Crippen MR) is 108 cm³/mol. The zero-order chi connectivity index (χ0) is 18.6. The summed E-state index contributed by atoms with van der Waals surface area (Å²) >= 11 is 0. The molecule has 0 saturated carbocycles. The fourth-order valence-corrected chi connectivity index (χ4v) is 3.29. The summed E-state index contributed by atoms with van der Waals surface area (Å²) in [5, 5.41) is 8.17. The van der Waals surface area contributed by atoms with Crippen molar-refractivity contribution in [2.75, 3.05) is 0 Å². The van der Waals surface area contributed by atoms with Crippen LogP contribution in [0.25, 0.3) is 17.0 Å². The van der Waals surface area contributed by atoms with Crippen molar-refractivity contribution in [3.05, 3.63) is 96.0 Å². The van der Waals surface area contributed by atoms with Crippen molar-refractivity contribution in [2.24, 2.45) is 0 Å². The van der Waals surface area contributed by atoms with E-state index < -0.39 is 0 Å². The topological polar surface area (TPSA) is 43.0 Å². The number of nitrogens with one attached hydrogen (secondary N) is 1. The van der Waals surface area contributed by atoms with E-state index >= 15 is 0 Å². The molecule has 0 amide bonds. The summed E-state index contributed by atoms with van der Waals surface area (Å²) < 4.78 is 7.43. The number of rotatable bonds is 6. The van der Waals surface area contributed by atoms with Crippen molar-refractivity contribution >= 4 is 0 Å². The Balaban J connectivity index is 1.42. The van der Waals surface area contributed by atoms with E-state index in [2.05, 4.69) is 60.7 Å². The largest absolute Gasteiger partial charge is 0.464 e. The zero-order valence-corrected chi connectivity index (χ0v) is 15.6. The van der Waals surface area contributed by atoms with Gasteiger partial charge < -0.3 is 9.73 Å². The quantitative estimate of drug-likeness (QED) is 0.510. The Kier molecular flexibility index (Phi) is 4.90. The second-order valence-electron chi connectivity index (χ2n) is 6.71.